The summed E-state index contributed by atoms with van der Waals surface area (Å²) in [4.78, 5) is 4.00. The van der Waals surface area contributed by atoms with Gasteiger partial charge in [-0.15, -0.1) is 11.3 Å². The Balaban J connectivity index is 2.81. The summed E-state index contributed by atoms with van der Waals surface area (Å²) in [5, 5.41) is 2.61. The van der Waals surface area contributed by atoms with E-state index < -0.39 is 9.84 Å². The van der Waals surface area contributed by atoms with Gasteiger partial charge in [0, 0.05) is 5.38 Å². The number of nitrogens with zero attached hydrogens (tertiary/aromatic N) is 1. The maximum atomic E-state index is 10.7. The van der Waals surface area contributed by atoms with Crippen molar-refractivity contribution in [3.8, 4) is 0 Å². The van der Waals surface area contributed by atoms with Crippen molar-refractivity contribution in [2.75, 3.05) is 0 Å². The van der Waals surface area contributed by atoms with Crippen molar-refractivity contribution in [2.45, 2.75) is 12.7 Å². The fraction of sp³-hybridized carbons (Fsp3) is 0.333. The molecule has 0 unspecified atom stereocenters. The third-order valence-electron chi connectivity index (χ3n) is 1.03. The molecule has 0 amide bonds. The molecule has 1 radical (unpaired) electrons. The summed E-state index contributed by atoms with van der Waals surface area (Å²) < 4.78 is 21.3. The Bertz CT molecular complexity index is 339. The summed E-state index contributed by atoms with van der Waals surface area (Å²) in [6.45, 7) is 1.84. The number of hydrogen-bond acceptors (Lipinski definition) is 4. The molecule has 1 heterocycles. The van der Waals surface area contributed by atoms with Crippen molar-refractivity contribution in [1.82, 2.24) is 4.98 Å². The third kappa shape index (κ3) is 2.98. The largest absolute Gasteiger partial charge is 0.246 e. The van der Waals surface area contributed by atoms with Gasteiger partial charge in [0.05, 0.1) is 22.7 Å². The molecule has 3 nitrogen and oxygen atoms in total. The molecule has 1 aromatic rings. The first-order valence-corrected chi connectivity index (χ1v) is 5.64. The molecular weight excluding hydrogens is 182 g/mol. The molecule has 0 saturated heterocycles. The maximum Gasteiger partial charge on any atom is 0.157 e. The van der Waals surface area contributed by atoms with Gasteiger partial charge in [-0.25, -0.2) is 13.4 Å². The molecule has 0 aliphatic carbocycles. The highest BCUT2D eigenvalue weighted by atomic mass is 32.2. The molecular formula is C6H8NO2S2. The van der Waals surface area contributed by atoms with Crippen LogP contribution in [-0.4, -0.2) is 13.4 Å². The van der Waals surface area contributed by atoms with E-state index in [9.17, 15) is 8.42 Å². The van der Waals surface area contributed by atoms with Gasteiger partial charge in [0.1, 0.15) is 0 Å². The van der Waals surface area contributed by atoms with Gasteiger partial charge in [0.25, 0.3) is 0 Å². The van der Waals surface area contributed by atoms with Gasteiger partial charge in [-0.1, -0.05) is 0 Å². The lowest BCUT2D eigenvalue weighted by Crippen LogP contribution is -1.98. The van der Waals surface area contributed by atoms with Gasteiger partial charge >= 0.3 is 0 Å². The van der Waals surface area contributed by atoms with Crippen LogP contribution in [0.2, 0.25) is 0 Å². The van der Waals surface area contributed by atoms with Crippen LogP contribution < -0.4 is 0 Å². The number of aryl methyl sites for hydroxylation is 1. The zero-order valence-electron chi connectivity index (χ0n) is 6.07. The van der Waals surface area contributed by atoms with Crippen molar-refractivity contribution in [3.05, 3.63) is 22.3 Å². The molecule has 1 rings (SSSR count). The second-order valence-electron chi connectivity index (χ2n) is 2.25. The minimum absolute atomic E-state index is 0.0582. The summed E-state index contributed by atoms with van der Waals surface area (Å²) in [5.41, 5.74) is 0.586. The number of hydrogen-bond donors (Lipinski definition) is 0. The molecule has 61 valence electrons. The second-order valence-corrected chi connectivity index (χ2v) is 5.08. The van der Waals surface area contributed by atoms with Gasteiger partial charge in [0.15, 0.2) is 9.84 Å². The van der Waals surface area contributed by atoms with Crippen molar-refractivity contribution < 1.29 is 8.42 Å². The van der Waals surface area contributed by atoms with Crippen LogP contribution in [0, 0.1) is 13.2 Å². The third-order valence-corrected chi connectivity index (χ3v) is 2.59. The Labute approximate surface area is 70.0 Å². The van der Waals surface area contributed by atoms with Crippen LogP contribution in [0.3, 0.4) is 0 Å². The summed E-state index contributed by atoms with van der Waals surface area (Å²) >= 11 is 1.44. The Morgan fingerprint density at radius 2 is 2.36 bits per heavy atom. The van der Waals surface area contributed by atoms with E-state index in [-0.39, 0.29) is 5.75 Å². The summed E-state index contributed by atoms with van der Waals surface area (Å²) in [6.07, 6.45) is 3.01. The minimum Gasteiger partial charge on any atom is -0.246 e. The van der Waals surface area contributed by atoms with Gasteiger partial charge in [-0.2, -0.15) is 0 Å². The number of thiazole rings is 1. The van der Waals surface area contributed by atoms with Crippen molar-refractivity contribution in [2.24, 2.45) is 0 Å². The quantitative estimate of drug-likeness (QED) is 0.703. The van der Waals surface area contributed by atoms with Gasteiger partial charge in [-0.3, -0.25) is 0 Å². The molecule has 0 bridgehead atoms. The van der Waals surface area contributed by atoms with E-state index in [0.717, 1.165) is 5.01 Å². The zero-order valence-corrected chi connectivity index (χ0v) is 7.70. The van der Waals surface area contributed by atoms with E-state index in [1.807, 2.05) is 6.92 Å². The Hall–Kier alpha value is -0.420. The van der Waals surface area contributed by atoms with E-state index in [1.54, 1.807) is 5.38 Å². The van der Waals surface area contributed by atoms with Gasteiger partial charge < -0.3 is 0 Å². The average molecular weight is 190 g/mol. The normalized spacial score (nSPS) is 11.8. The molecule has 5 heteroatoms. The molecule has 0 fully saturated rings. The number of rotatable bonds is 2. The molecule has 0 aliphatic rings. The van der Waals surface area contributed by atoms with Crippen LogP contribution in [0.5, 0.6) is 0 Å². The molecule has 0 spiro atoms. The van der Waals surface area contributed by atoms with E-state index >= 15 is 0 Å². The monoisotopic (exact) mass is 190 g/mol. The van der Waals surface area contributed by atoms with Crippen LogP contribution in [0.15, 0.2) is 5.38 Å². The lowest BCUT2D eigenvalue weighted by Gasteiger charge is -1.90. The molecule has 0 saturated carbocycles. The van der Waals surface area contributed by atoms with Crippen LogP contribution in [0.1, 0.15) is 10.7 Å². The van der Waals surface area contributed by atoms with Gasteiger partial charge in [0.2, 0.25) is 0 Å². The van der Waals surface area contributed by atoms with Crippen molar-refractivity contribution >= 4 is 21.2 Å². The van der Waals surface area contributed by atoms with E-state index in [1.165, 1.54) is 11.3 Å². The predicted octanol–water partition coefficient (Wildman–Crippen LogP) is 1.16. The summed E-state index contributed by atoms with van der Waals surface area (Å²) in [6, 6.07) is 0. The molecule has 0 aromatic carbocycles. The Morgan fingerprint density at radius 1 is 1.73 bits per heavy atom. The highest BCUT2D eigenvalue weighted by Crippen LogP contribution is 2.10. The fourth-order valence-electron chi connectivity index (χ4n) is 0.700. The van der Waals surface area contributed by atoms with Gasteiger partial charge in [-0.05, 0) is 6.92 Å². The predicted molar refractivity (Wildman–Crippen MR) is 44.8 cm³/mol. The summed E-state index contributed by atoms with van der Waals surface area (Å²) in [5.74, 6) is -0.0582. The summed E-state index contributed by atoms with van der Waals surface area (Å²) in [7, 11) is -3.17. The molecule has 0 atom stereocenters. The van der Waals surface area contributed by atoms with E-state index in [2.05, 4.69) is 11.2 Å². The second kappa shape index (κ2) is 2.91. The van der Waals surface area contributed by atoms with Crippen LogP contribution in [-0.2, 0) is 15.6 Å². The number of aromatic nitrogens is 1. The van der Waals surface area contributed by atoms with Crippen molar-refractivity contribution in [3.63, 3.8) is 0 Å². The number of sulfone groups is 1. The van der Waals surface area contributed by atoms with Crippen LogP contribution in [0.25, 0.3) is 0 Å². The van der Waals surface area contributed by atoms with Crippen molar-refractivity contribution in [1.29, 1.82) is 0 Å². The average Bonchev–Trinajstić information content (AvgIpc) is 2.10. The molecule has 0 N–H and O–H groups in total. The molecule has 1 aromatic heterocycles. The molecule has 11 heavy (non-hydrogen) atoms. The Morgan fingerprint density at radius 3 is 2.73 bits per heavy atom. The topological polar surface area (TPSA) is 47.0 Å². The van der Waals surface area contributed by atoms with Crippen LogP contribution >= 0.6 is 11.3 Å². The lowest BCUT2D eigenvalue weighted by atomic mass is 10.6. The van der Waals surface area contributed by atoms with E-state index in [4.69, 9.17) is 0 Å². The highest BCUT2D eigenvalue weighted by Gasteiger charge is 2.06. The molecule has 0 aliphatic heterocycles. The lowest BCUT2D eigenvalue weighted by molar-refractivity contribution is 0.603. The SMILES string of the molecule is [CH2]S(=O)(=O)Cc1csc(C)n1. The maximum absolute atomic E-state index is 10.7. The standard InChI is InChI=1S/C6H8NO2S2/c1-5-7-6(3-10-5)4-11(2,8)9/h3H,2,4H2,1H3. The van der Waals surface area contributed by atoms with Crippen LogP contribution in [0.4, 0.5) is 0 Å². The first-order valence-electron chi connectivity index (χ1n) is 2.94. The smallest absolute Gasteiger partial charge is 0.157 e. The van der Waals surface area contributed by atoms with E-state index in [0.29, 0.717) is 5.69 Å². The first-order chi connectivity index (χ1) is 4.97. The highest BCUT2D eigenvalue weighted by molar-refractivity contribution is 7.91. The minimum atomic E-state index is -3.17. The Kier molecular flexibility index (Phi) is 2.29. The first kappa shape index (κ1) is 8.67. The fourth-order valence-corrected chi connectivity index (χ4v) is 2.02. The zero-order chi connectivity index (χ0) is 8.48.